The highest BCUT2D eigenvalue weighted by Gasteiger charge is 2.30. The van der Waals surface area contributed by atoms with Crippen LogP contribution >= 0.6 is 0 Å². The molecule has 0 aliphatic heterocycles. The van der Waals surface area contributed by atoms with E-state index in [1.807, 2.05) is 0 Å². The van der Waals surface area contributed by atoms with Crippen LogP contribution in [0.4, 0.5) is 0 Å². The van der Waals surface area contributed by atoms with Gasteiger partial charge in [-0.15, -0.1) is 0 Å². The van der Waals surface area contributed by atoms with E-state index in [0.29, 0.717) is 0 Å². The maximum atomic E-state index is 11.6. The molecule has 2 atom stereocenters. The van der Waals surface area contributed by atoms with Crippen LogP contribution in [0.5, 0.6) is 0 Å². The largest absolute Gasteiger partial charge is 0.309 e. The summed E-state index contributed by atoms with van der Waals surface area (Å²) in [5.74, 6) is 0.271. The van der Waals surface area contributed by atoms with Crippen molar-refractivity contribution in [3.8, 4) is 0 Å². The molecule has 4 nitrogen and oxygen atoms in total. The zero-order chi connectivity index (χ0) is 18.0. The summed E-state index contributed by atoms with van der Waals surface area (Å²) < 4.78 is 26.0. The third-order valence-electron chi connectivity index (χ3n) is 5.09. The number of likely N-dealkylation sites (N-methyl/N-ethyl adjacent to an activating group) is 1. The minimum atomic E-state index is -3.16. The lowest BCUT2D eigenvalue weighted by molar-refractivity contribution is 0.414. The molecule has 2 aromatic rings. The van der Waals surface area contributed by atoms with Crippen molar-refractivity contribution in [2.75, 3.05) is 26.9 Å². The molecule has 1 saturated carbocycles. The van der Waals surface area contributed by atoms with Crippen LogP contribution < -0.4 is 4.72 Å². The van der Waals surface area contributed by atoms with Crippen molar-refractivity contribution >= 4 is 20.8 Å². The first-order valence-corrected chi connectivity index (χ1v) is 10.9. The summed E-state index contributed by atoms with van der Waals surface area (Å²) in [6.07, 6.45) is 5.32. The van der Waals surface area contributed by atoms with Gasteiger partial charge in [0.15, 0.2) is 0 Å². The zero-order valence-electron chi connectivity index (χ0n) is 15.3. The van der Waals surface area contributed by atoms with Gasteiger partial charge in [0.25, 0.3) is 0 Å². The Balaban J connectivity index is 1.82. The first-order valence-electron chi connectivity index (χ1n) is 8.96. The number of benzene rings is 2. The van der Waals surface area contributed by atoms with Crippen LogP contribution in [0.1, 0.15) is 36.3 Å². The number of nitrogens with one attached hydrogen (secondary N) is 1. The molecule has 136 valence electrons. The Bertz CT molecular complexity index is 846. The SMILES string of the molecule is CN(C)CCc1ccc2cc(C3CCCC3NS(C)(=O)=O)ccc2c1. The van der Waals surface area contributed by atoms with E-state index in [2.05, 4.69) is 60.1 Å². The van der Waals surface area contributed by atoms with Crippen LogP contribution in [0.2, 0.25) is 0 Å². The van der Waals surface area contributed by atoms with E-state index in [9.17, 15) is 8.42 Å². The van der Waals surface area contributed by atoms with E-state index in [1.165, 1.54) is 28.2 Å². The van der Waals surface area contributed by atoms with Gasteiger partial charge in [0.1, 0.15) is 0 Å². The highest BCUT2D eigenvalue weighted by molar-refractivity contribution is 7.88. The summed E-state index contributed by atoms with van der Waals surface area (Å²) in [4.78, 5) is 2.20. The maximum absolute atomic E-state index is 11.6. The van der Waals surface area contributed by atoms with Crippen molar-refractivity contribution in [2.24, 2.45) is 0 Å². The normalized spacial score (nSPS) is 21.3. The smallest absolute Gasteiger partial charge is 0.208 e. The zero-order valence-corrected chi connectivity index (χ0v) is 16.1. The Morgan fingerprint density at radius 2 is 1.80 bits per heavy atom. The molecule has 0 amide bonds. The van der Waals surface area contributed by atoms with Gasteiger partial charge in [-0.05, 0) is 55.3 Å². The van der Waals surface area contributed by atoms with E-state index in [4.69, 9.17) is 0 Å². The molecule has 0 heterocycles. The minimum Gasteiger partial charge on any atom is -0.309 e. The fourth-order valence-corrected chi connectivity index (χ4v) is 4.66. The number of fused-ring (bicyclic) bond motifs is 1. The fourth-order valence-electron chi connectivity index (χ4n) is 3.83. The predicted molar refractivity (Wildman–Crippen MR) is 105 cm³/mol. The Kier molecular flexibility index (Phi) is 5.46. The number of sulfonamides is 1. The molecule has 1 fully saturated rings. The molecule has 2 unspecified atom stereocenters. The average Bonchev–Trinajstić information content (AvgIpc) is 2.98. The van der Waals surface area contributed by atoms with Crippen molar-refractivity contribution in [2.45, 2.75) is 37.6 Å². The minimum absolute atomic E-state index is 0.0202. The number of hydrogen-bond donors (Lipinski definition) is 1. The Morgan fingerprint density at radius 3 is 2.52 bits per heavy atom. The van der Waals surface area contributed by atoms with Crippen LogP contribution in [0, 0.1) is 0 Å². The molecular formula is C20H28N2O2S. The van der Waals surface area contributed by atoms with Crippen LogP contribution in [0.15, 0.2) is 36.4 Å². The Hall–Kier alpha value is -1.43. The molecule has 5 heteroatoms. The second kappa shape index (κ2) is 7.44. The van der Waals surface area contributed by atoms with Gasteiger partial charge in [-0.25, -0.2) is 13.1 Å². The summed E-state index contributed by atoms with van der Waals surface area (Å²) in [6, 6.07) is 13.3. The molecule has 3 rings (SSSR count). The summed E-state index contributed by atoms with van der Waals surface area (Å²) in [7, 11) is 1.02. The van der Waals surface area contributed by atoms with E-state index < -0.39 is 10.0 Å². The summed E-state index contributed by atoms with van der Waals surface area (Å²) in [5.41, 5.74) is 2.60. The van der Waals surface area contributed by atoms with Crippen molar-refractivity contribution in [3.63, 3.8) is 0 Å². The van der Waals surface area contributed by atoms with Gasteiger partial charge in [-0.1, -0.05) is 42.8 Å². The van der Waals surface area contributed by atoms with Gasteiger partial charge in [-0.3, -0.25) is 0 Å². The molecule has 0 aromatic heterocycles. The lowest BCUT2D eigenvalue weighted by Gasteiger charge is -2.21. The molecule has 1 aliphatic carbocycles. The van der Waals surface area contributed by atoms with Crippen LogP contribution in [-0.4, -0.2) is 46.3 Å². The topological polar surface area (TPSA) is 49.4 Å². The second-order valence-electron chi connectivity index (χ2n) is 7.53. The van der Waals surface area contributed by atoms with E-state index in [-0.39, 0.29) is 12.0 Å². The number of nitrogens with zero attached hydrogens (tertiary/aromatic N) is 1. The fraction of sp³-hybridized carbons (Fsp3) is 0.500. The molecular weight excluding hydrogens is 332 g/mol. The quantitative estimate of drug-likeness (QED) is 0.861. The molecule has 0 bridgehead atoms. The predicted octanol–water partition coefficient (Wildman–Crippen LogP) is 3.13. The van der Waals surface area contributed by atoms with E-state index in [0.717, 1.165) is 32.2 Å². The standard InChI is InChI=1S/C20H28N2O2S/c1-22(2)12-11-15-7-8-17-14-18(10-9-16(17)13-15)19-5-4-6-20(19)21-25(3,23)24/h7-10,13-14,19-21H,4-6,11-12H2,1-3H3. The highest BCUT2D eigenvalue weighted by atomic mass is 32.2. The van der Waals surface area contributed by atoms with Crippen molar-refractivity contribution in [3.05, 3.63) is 47.5 Å². The van der Waals surface area contributed by atoms with Crippen LogP contribution in [-0.2, 0) is 16.4 Å². The van der Waals surface area contributed by atoms with Crippen molar-refractivity contribution in [1.29, 1.82) is 0 Å². The molecule has 0 spiro atoms. The van der Waals surface area contributed by atoms with Crippen molar-refractivity contribution in [1.82, 2.24) is 9.62 Å². The van der Waals surface area contributed by atoms with Gasteiger partial charge in [0.2, 0.25) is 10.0 Å². The van der Waals surface area contributed by atoms with Gasteiger partial charge >= 0.3 is 0 Å². The highest BCUT2D eigenvalue weighted by Crippen LogP contribution is 2.36. The lowest BCUT2D eigenvalue weighted by Crippen LogP contribution is -2.35. The van der Waals surface area contributed by atoms with Crippen LogP contribution in [0.3, 0.4) is 0 Å². The molecule has 1 aliphatic rings. The van der Waals surface area contributed by atoms with Gasteiger partial charge < -0.3 is 4.90 Å². The number of hydrogen-bond acceptors (Lipinski definition) is 3. The van der Waals surface area contributed by atoms with Crippen molar-refractivity contribution < 1.29 is 8.42 Å². The molecule has 0 saturated heterocycles. The second-order valence-corrected chi connectivity index (χ2v) is 9.31. The third kappa shape index (κ3) is 4.81. The molecule has 0 radical (unpaired) electrons. The molecule has 25 heavy (non-hydrogen) atoms. The van der Waals surface area contributed by atoms with Gasteiger partial charge in [-0.2, -0.15) is 0 Å². The third-order valence-corrected chi connectivity index (χ3v) is 5.82. The summed E-state index contributed by atoms with van der Waals surface area (Å²) in [6.45, 7) is 1.05. The lowest BCUT2D eigenvalue weighted by atomic mass is 9.92. The molecule has 1 N–H and O–H groups in total. The Morgan fingerprint density at radius 1 is 1.08 bits per heavy atom. The monoisotopic (exact) mass is 360 g/mol. The summed E-state index contributed by atoms with van der Waals surface area (Å²) >= 11 is 0. The van der Waals surface area contributed by atoms with Gasteiger partial charge in [0, 0.05) is 18.5 Å². The first kappa shape index (κ1) is 18.4. The average molecular weight is 361 g/mol. The number of rotatable bonds is 6. The first-order chi connectivity index (χ1) is 11.8. The summed E-state index contributed by atoms with van der Waals surface area (Å²) in [5, 5.41) is 2.49. The maximum Gasteiger partial charge on any atom is 0.208 e. The van der Waals surface area contributed by atoms with E-state index in [1.54, 1.807) is 0 Å². The van der Waals surface area contributed by atoms with E-state index >= 15 is 0 Å². The van der Waals surface area contributed by atoms with Gasteiger partial charge in [0.05, 0.1) is 6.26 Å². The molecule has 2 aromatic carbocycles. The Labute approximate surface area is 151 Å². The van der Waals surface area contributed by atoms with Crippen LogP contribution in [0.25, 0.3) is 10.8 Å².